The average molecular weight is 525 g/mol. The number of anilines is 1. The summed E-state index contributed by atoms with van der Waals surface area (Å²) in [5, 5.41) is 2.60. The summed E-state index contributed by atoms with van der Waals surface area (Å²) < 4.78 is 43.7. The average Bonchev–Trinajstić information content (AvgIpc) is 2.93. The van der Waals surface area contributed by atoms with Gasteiger partial charge in [0.25, 0.3) is 5.91 Å². The highest BCUT2D eigenvalue weighted by Crippen LogP contribution is 2.25. The van der Waals surface area contributed by atoms with Gasteiger partial charge in [0, 0.05) is 18.8 Å². The van der Waals surface area contributed by atoms with Gasteiger partial charge in [-0.05, 0) is 42.3 Å². The number of nitrogens with one attached hydrogen (secondary N) is 1. The molecule has 37 heavy (non-hydrogen) atoms. The highest BCUT2D eigenvalue weighted by atomic mass is 32.2. The second-order valence-corrected chi connectivity index (χ2v) is 10.3. The molecule has 1 aliphatic rings. The minimum absolute atomic E-state index is 0.105. The molecule has 1 N–H and O–H groups in total. The van der Waals surface area contributed by atoms with Gasteiger partial charge >= 0.3 is 5.97 Å². The van der Waals surface area contributed by atoms with Crippen LogP contribution in [0.15, 0.2) is 77.7 Å². The van der Waals surface area contributed by atoms with Gasteiger partial charge in [0.1, 0.15) is 17.9 Å². The number of benzene rings is 3. The Morgan fingerprint density at radius 2 is 1.68 bits per heavy atom. The molecule has 1 fully saturated rings. The third-order valence-electron chi connectivity index (χ3n) is 5.74. The molecule has 0 spiro atoms. The van der Waals surface area contributed by atoms with Crippen LogP contribution < -0.4 is 10.1 Å². The molecular formula is C27H28N2O7S. The van der Waals surface area contributed by atoms with Crippen LogP contribution in [0.25, 0.3) is 0 Å². The minimum atomic E-state index is -3.74. The maximum absolute atomic E-state index is 13.1. The largest absolute Gasteiger partial charge is 0.488 e. The summed E-state index contributed by atoms with van der Waals surface area (Å²) in [6.45, 7) is 2.62. The van der Waals surface area contributed by atoms with Crippen LogP contribution in [-0.2, 0) is 30.9 Å². The highest BCUT2D eigenvalue weighted by molar-refractivity contribution is 7.89. The fourth-order valence-corrected chi connectivity index (χ4v) is 5.44. The number of morpholine rings is 1. The van der Waals surface area contributed by atoms with Gasteiger partial charge in [0.05, 0.1) is 18.1 Å². The molecule has 0 saturated carbocycles. The summed E-state index contributed by atoms with van der Waals surface area (Å²) in [7, 11) is -3.74. The molecule has 1 amide bonds. The van der Waals surface area contributed by atoms with Gasteiger partial charge in [0.2, 0.25) is 10.0 Å². The Balaban J connectivity index is 1.37. The fourth-order valence-electron chi connectivity index (χ4n) is 3.78. The van der Waals surface area contributed by atoms with Gasteiger partial charge in [0.15, 0.2) is 6.61 Å². The van der Waals surface area contributed by atoms with Crippen LogP contribution in [0.1, 0.15) is 21.5 Å². The highest BCUT2D eigenvalue weighted by Gasteiger charge is 2.28. The van der Waals surface area contributed by atoms with E-state index in [4.69, 9.17) is 14.2 Å². The molecule has 0 aromatic heterocycles. The number of aryl methyl sites for hydroxylation is 1. The molecular weight excluding hydrogens is 496 g/mol. The van der Waals surface area contributed by atoms with Crippen molar-refractivity contribution in [2.45, 2.75) is 18.4 Å². The zero-order valence-corrected chi connectivity index (χ0v) is 21.2. The Morgan fingerprint density at radius 1 is 0.973 bits per heavy atom. The van der Waals surface area contributed by atoms with E-state index in [0.29, 0.717) is 24.5 Å². The fraction of sp³-hybridized carbons (Fsp3) is 0.259. The van der Waals surface area contributed by atoms with E-state index in [1.165, 1.54) is 10.4 Å². The summed E-state index contributed by atoms with van der Waals surface area (Å²) >= 11 is 0. The summed E-state index contributed by atoms with van der Waals surface area (Å²) in [4.78, 5) is 25.3. The van der Waals surface area contributed by atoms with Gasteiger partial charge in [-0.2, -0.15) is 4.31 Å². The third kappa shape index (κ3) is 6.73. The maximum Gasteiger partial charge on any atom is 0.342 e. The summed E-state index contributed by atoms with van der Waals surface area (Å²) in [6, 6.07) is 20.8. The zero-order chi connectivity index (χ0) is 26.3. The lowest BCUT2D eigenvalue weighted by atomic mass is 10.2. The first-order valence-electron chi connectivity index (χ1n) is 11.8. The molecule has 0 unspecified atom stereocenters. The first kappa shape index (κ1) is 26.3. The van der Waals surface area contributed by atoms with Crippen molar-refractivity contribution in [3.63, 3.8) is 0 Å². The van der Waals surface area contributed by atoms with Crippen LogP contribution in [-0.4, -0.2) is 57.5 Å². The van der Waals surface area contributed by atoms with E-state index in [1.807, 2.05) is 30.3 Å². The summed E-state index contributed by atoms with van der Waals surface area (Å²) in [6.07, 6.45) is 0. The van der Waals surface area contributed by atoms with E-state index in [2.05, 4.69) is 5.32 Å². The number of amides is 1. The Morgan fingerprint density at radius 3 is 2.43 bits per heavy atom. The Labute approximate surface area is 216 Å². The van der Waals surface area contributed by atoms with Gasteiger partial charge in [-0.3, -0.25) is 4.79 Å². The second kappa shape index (κ2) is 12.0. The molecule has 3 aromatic carbocycles. The molecule has 194 valence electrons. The normalized spacial score (nSPS) is 14.1. The Hall–Kier alpha value is -3.73. The predicted molar refractivity (Wildman–Crippen MR) is 137 cm³/mol. The number of rotatable bonds is 9. The monoisotopic (exact) mass is 524 g/mol. The lowest BCUT2D eigenvalue weighted by Crippen LogP contribution is -2.40. The number of esters is 1. The van der Waals surface area contributed by atoms with E-state index in [1.54, 1.807) is 43.3 Å². The molecule has 10 heteroatoms. The number of hydrogen-bond acceptors (Lipinski definition) is 7. The summed E-state index contributed by atoms with van der Waals surface area (Å²) in [5.74, 6) is -0.971. The van der Waals surface area contributed by atoms with Crippen molar-refractivity contribution in [3.8, 4) is 5.75 Å². The van der Waals surface area contributed by atoms with Gasteiger partial charge in [-0.15, -0.1) is 0 Å². The molecule has 1 heterocycles. The topological polar surface area (TPSA) is 111 Å². The van der Waals surface area contributed by atoms with Gasteiger partial charge in [-0.25, -0.2) is 13.2 Å². The molecule has 4 rings (SSSR count). The molecule has 0 radical (unpaired) electrons. The van der Waals surface area contributed by atoms with Crippen molar-refractivity contribution in [3.05, 3.63) is 89.5 Å². The smallest absolute Gasteiger partial charge is 0.342 e. The number of ether oxygens (including phenoxy) is 3. The number of sulfonamides is 1. The number of para-hydroxylation sites is 1. The number of hydrogen-bond donors (Lipinski definition) is 1. The van der Waals surface area contributed by atoms with Crippen molar-refractivity contribution in [2.24, 2.45) is 0 Å². The van der Waals surface area contributed by atoms with Gasteiger partial charge < -0.3 is 19.5 Å². The van der Waals surface area contributed by atoms with Crippen LogP contribution in [0.5, 0.6) is 5.75 Å². The van der Waals surface area contributed by atoms with E-state index < -0.39 is 28.5 Å². The van der Waals surface area contributed by atoms with Crippen LogP contribution in [0.2, 0.25) is 0 Å². The lowest BCUT2D eigenvalue weighted by molar-refractivity contribution is -0.119. The number of carbonyl (C=O) groups is 2. The van der Waals surface area contributed by atoms with Crippen LogP contribution >= 0.6 is 0 Å². The molecule has 0 bridgehead atoms. The minimum Gasteiger partial charge on any atom is -0.488 e. The van der Waals surface area contributed by atoms with E-state index in [-0.39, 0.29) is 35.8 Å². The molecule has 3 aromatic rings. The SMILES string of the molecule is Cc1ccc(NC(=O)COC(=O)c2ccccc2OCc2ccccc2)cc1S(=O)(=O)N1CCOCC1. The van der Waals surface area contributed by atoms with Gasteiger partial charge in [-0.1, -0.05) is 48.5 Å². The molecule has 0 aliphatic carbocycles. The van der Waals surface area contributed by atoms with Crippen molar-refractivity contribution < 1.29 is 32.2 Å². The molecule has 9 nitrogen and oxygen atoms in total. The Kier molecular flexibility index (Phi) is 8.54. The predicted octanol–water partition coefficient (Wildman–Crippen LogP) is 3.39. The molecule has 1 saturated heterocycles. The van der Waals surface area contributed by atoms with Crippen molar-refractivity contribution in [1.29, 1.82) is 0 Å². The number of nitrogens with zero attached hydrogens (tertiary/aromatic N) is 1. The van der Waals surface area contributed by atoms with Crippen molar-refractivity contribution in [2.75, 3.05) is 38.2 Å². The first-order chi connectivity index (χ1) is 17.8. The van der Waals surface area contributed by atoms with Crippen LogP contribution in [0.4, 0.5) is 5.69 Å². The van der Waals surface area contributed by atoms with Crippen molar-refractivity contribution in [1.82, 2.24) is 4.31 Å². The van der Waals surface area contributed by atoms with Crippen LogP contribution in [0.3, 0.4) is 0 Å². The molecule has 1 aliphatic heterocycles. The van der Waals surface area contributed by atoms with Crippen molar-refractivity contribution >= 4 is 27.6 Å². The van der Waals surface area contributed by atoms with E-state index in [9.17, 15) is 18.0 Å². The lowest BCUT2D eigenvalue weighted by Gasteiger charge is -2.26. The number of carbonyl (C=O) groups excluding carboxylic acids is 2. The standard InChI is InChI=1S/C27H28N2O7S/c1-20-11-12-22(17-25(20)37(32,33)29-13-15-34-16-14-29)28-26(30)19-36-27(31)23-9-5-6-10-24(23)35-18-21-7-3-2-4-8-21/h2-12,17H,13-16,18-19H2,1H3,(H,28,30). The first-order valence-corrected chi connectivity index (χ1v) is 13.2. The summed E-state index contributed by atoms with van der Waals surface area (Å²) in [5.41, 5.74) is 1.98. The second-order valence-electron chi connectivity index (χ2n) is 8.39. The third-order valence-corrected chi connectivity index (χ3v) is 7.78. The van der Waals surface area contributed by atoms with Crippen LogP contribution in [0, 0.1) is 6.92 Å². The Bertz CT molecular complexity index is 1350. The quantitative estimate of drug-likeness (QED) is 0.427. The maximum atomic E-state index is 13.1. The van der Waals surface area contributed by atoms with E-state index >= 15 is 0 Å². The zero-order valence-electron chi connectivity index (χ0n) is 20.4. The van der Waals surface area contributed by atoms with E-state index in [0.717, 1.165) is 5.56 Å². The molecule has 0 atom stereocenters.